The molecule has 0 spiro atoms. The molecule has 9 heteroatoms. The van der Waals surface area contributed by atoms with Crippen LogP contribution in [0.1, 0.15) is 12.5 Å². The van der Waals surface area contributed by atoms with Crippen LogP contribution in [0.4, 0.5) is 11.1 Å². The average molecular weight is 348 g/mol. The molecular weight excluding hydrogens is 332 g/mol. The van der Waals surface area contributed by atoms with E-state index < -0.39 is 0 Å². The Kier molecular flexibility index (Phi) is 4.49. The number of carbonyl (C=O) groups excluding carboxylic acids is 1. The average Bonchev–Trinajstić information content (AvgIpc) is 3.04. The van der Waals surface area contributed by atoms with Gasteiger partial charge >= 0.3 is 0 Å². The minimum absolute atomic E-state index is 0.0656. The maximum Gasteiger partial charge on any atom is 0.246 e. The van der Waals surface area contributed by atoms with Gasteiger partial charge in [0.05, 0.1) is 10.2 Å². The summed E-state index contributed by atoms with van der Waals surface area (Å²) in [6.07, 6.45) is 0. The third-order valence-corrected chi connectivity index (χ3v) is 4.91. The number of carbonyl (C=O) groups is 1. The first-order valence-electron chi connectivity index (χ1n) is 7.05. The van der Waals surface area contributed by atoms with Crippen molar-refractivity contribution in [1.29, 1.82) is 0 Å². The molecule has 0 aliphatic rings. The van der Waals surface area contributed by atoms with E-state index in [1.54, 1.807) is 4.57 Å². The normalized spacial score (nSPS) is 11.0. The largest absolute Gasteiger partial charge is 0.368 e. The summed E-state index contributed by atoms with van der Waals surface area (Å²) in [5, 5.41) is 11.8. The Hall–Kier alpha value is -2.13. The standard InChI is InChI=1S/C14H16N6OS2/c1-3-22-14-19-18-12(15)20(14)7-11(21)17-13-16-9-6-8(2)4-5-10(9)23-13/h4-6H,3,7H2,1-2H3,(H2,15,18)(H,16,17,21). The Morgan fingerprint density at radius 3 is 3.04 bits per heavy atom. The number of fused-ring (bicyclic) bond motifs is 1. The van der Waals surface area contributed by atoms with Crippen LogP contribution >= 0.6 is 23.1 Å². The number of thioether (sulfide) groups is 1. The molecule has 1 amide bonds. The predicted octanol–water partition coefficient (Wildman–Crippen LogP) is 2.53. The molecule has 3 N–H and O–H groups in total. The highest BCUT2D eigenvalue weighted by Crippen LogP contribution is 2.26. The molecule has 0 radical (unpaired) electrons. The Morgan fingerprint density at radius 1 is 1.43 bits per heavy atom. The van der Waals surface area contributed by atoms with E-state index in [0.29, 0.717) is 10.3 Å². The van der Waals surface area contributed by atoms with Gasteiger partial charge in [0.2, 0.25) is 11.9 Å². The maximum absolute atomic E-state index is 12.2. The Morgan fingerprint density at radius 2 is 2.26 bits per heavy atom. The summed E-state index contributed by atoms with van der Waals surface area (Å²) in [6.45, 7) is 4.08. The quantitative estimate of drug-likeness (QED) is 0.688. The molecule has 0 saturated carbocycles. The van der Waals surface area contributed by atoms with E-state index in [-0.39, 0.29) is 18.4 Å². The number of amides is 1. The molecule has 23 heavy (non-hydrogen) atoms. The maximum atomic E-state index is 12.2. The van der Waals surface area contributed by atoms with Crippen LogP contribution in [-0.2, 0) is 11.3 Å². The number of nitrogens with one attached hydrogen (secondary N) is 1. The third-order valence-electron chi connectivity index (χ3n) is 3.11. The summed E-state index contributed by atoms with van der Waals surface area (Å²) in [5.74, 6) is 0.859. The zero-order valence-electron chi connectivity index (χ0n) is 12.7. The molecule has 0 aliphatic heterocycles. The van der Waals surface area contributed by atoms with Crippen LogP contribution in [-0.4, -0.2) is 31.4 Å². The van der Waals surface area contributed by atoms with E-state index in [1.807, 2.05) is 32.0 Å². The van der Waals surface area contributed by atoms with Crippen molar-refractivity contribution in [3.63, 3.8) is 0 Å². The number of aromatic nitrogens is 4. The first kappa shape index (κ1) is 15.8. The molecule has 0 atom stereocenters. The van der Waals surface area contributed by atoms with Crippen LogP contribution in [0.3, 0.4) is 0 Å². The van der Waals surface area contributed by atoms with Crippen molar-refractivity contribution < 1.29 is 4.79 Å². The molecule has 0 fully saturated rings. The van der Waals surface area contributed by atoms with Gasteiger partial charge in [-0.15, -0.1) is 10.2 Å². The van der Waals surface area contributed by atoms with E-state index in [9.17, 15) is 4.79 Å². The smallest absolute Gasteiger partial charge is 0.246 e. The highest BCUT2D eigenvalue weighted by molar-refractivity contribution is 7.99. The van der Waals surface area contributed by atoms with Crippen molar-refractivity contribution in [3.05, 3.63) is 23.8 Å². The second kappa shape index (κ2) is 6.55. The van der Waals surface area contributed by atoms with E-state index in [0.717, 1.165) is 21.5 Å². The van der Waals surface area contributed by atoms with Gasteiger partial charge in [-0.2, -0.15) is 0 Å². The van der Waals surface area contributed by atoms with Gasteiger partial charge in [-0.1, -0.05) is 36.1 Å². The fourth-order valence-electron chi connectivity index (χ4n) is 2.08. The second-order valence-corrected chi connectivity index (χ2v) is 7.16. The highest BCUT2D eigenvalue weighted by Gasteiger charge is 2.14. The number of nitrogen functional groups attached to an aromatic ring is 1. The number of benzene rings is 1. The molecule has 0 bridgehead atoms. The van der Waals surface area contributed by atoms with E-state index in [4.69, 9.17) is 5.73 Å². The van der Waals surface area contributed by atoms with Gasteiger partial charge in [0.25, 0.3) is 0 Å². The number of nitrogens with two attached hydrogens (primary N) is 1. The first-order valence-corrected chi connectivity index (χ1v) is 8.85. The number of aryl methyl sites for hydroxylation is 1. The monoisotopic (exact) mass is 348 g/mol. The van der Waals surface area contributed by atoms with E-state index in [2.05, 4.69) is 20.5 Å². The Balaban J connectivity index is 1.74. The fraction of sp³-hybridized carbons (Fsp3) is 0.286. The zero-order valence-corrected chi connectivity index (χ0v) is 14.4. The fourth-order valence-corrected chi connectivity index (χ4v) is 3.61. The number of anilines is 2. The van der Waals surface area contributed by atoms with Gasteiger partial charge in [0.15, 0.2) is 10.3 Å². The lowest BCUT2D eigenvalue weighted by atomic mass is 10.2. The van der Waals surface area contributed by atoms with Gasteiger partial charge in [-0.05, 0) is 30.4 Å². The molecule has 2 aromatic heterocycles. The van der Waals surface area contributed by atoms with Gasteiger partial charge in [-0.25, -0.2) is 4.98 Å². The van der Waals surface area contributed by atoms with Gasteiger partial charge < -0.3 is 11.1 Å². The van der Waals surface area contributed by atoms with Crippen molar-refractivity contribution in [2.24, 2.45) is 0 Å². The lowest BCUT2D eigenvalue weighted by molar-refractivity contribution is -0.116. The lowest BCUT2D eigenvalue weighted by Gasteiger charge is -2.06. The van der Waals surface area contributed by atoms with Crippen LogP contribution < -0.4 is 11.1 Å². The molecule has 0 unspecified atom stereocenters. The lowest BCUT2D eigenvalue weighted by Crippen LogP contribution is -2.20. The second-order valence-electron chi connectivity index (χ2n) is 4.90. The Labute approximate surface area is 141 Å². The third kappa shape index (κ3) is 3.45. The number of nitrogens with zero attached hydrogens (tertiary/aromatic N) is 4. The minimum atomic E-state index is -0.203. The topological polar surface area (TPSA) is 98.7 Å². The molecule has 2 heterocycles. The van der Waals surface area contributed by atoms with Gasteiger partial charge in [0.1, 0.15) is 6.54 Å². The molecule has 0 aliphatic carbocycles. The zero-order chi connectivity index (χ0) is 16.4. The molecular formula is C14H16N6OS2. The summed E-state index contributed by atoms with van der Waals surface area (Å²) in [5.41, 5.74) is 7.80. The summed E-state index contributed by atoms with van der Waals surface area (Å²) >= 11 is 2.94. The molecule has 1 aromatic carbocycles. The van der Waals surface area contributed by atoms with E-state index in [1.165, 1.54) is 23.1 Å². The van der Waals surface area contributed by atoms with Crippen LogP contribution in [0.25, 0.3) is 10.2 Å². The number of thiazole rings is 1. The van der Waals surface area contributed by atoms with Crippen LogP contribution in [0.5, 0.6) is 0 Å². The van der Waals surface area contributed by atoms with Crippen LogP contribution in [0, 0.1) is 6.92 Å². The van der Waals surface area contributed by atoms with E-state index >= 15 is 0 Å². The summed E-state index contributed by atoms with van der Waals surface area (Å²) in [6, 6.07) is 6.03. The molecule has 0 saturated heterocycles. The number of rotatable bonds is 5. The molecule has 120 valence electrons. The van der Waals surface area contributed by atoms with Crippen LogP contribution in [0.2, 0.25) is 0 Å². The van der Waals surface area contributed by atoms with Gasteiger partial charge in [-0.3, -0.25) is 9.36 Å². The molecule has 3 aromatic rings. The SMILES string of the molecule is CCSc1nnc(N)n1CC(=O)Nc1nc2cc(C)ccc2s1. The summed E-state index contributed by atoms with van der Waals surface area (Å²) in [4.78, 5) is 16.7. The first-order chi connectivity index (χ1) is 11.1. The summed E-state index contributed by atoms with van der Waals surface area (Å²) < 4.78 is 2.64. The van der Waals surface area contributed by atoms with Crippen molar-refractivity contribution in [1.82, 2.24) is 19.7 Å². The molecule has 7 nitrogen and oxygen atoms in total. The van der Waals surface area contributed by atoms with Crippen molar-refractivity contribution >= 4 is 50.3 Å². The van der Waals surface area contributed by atoms with Crippen molar-refractivity contribution in [2.75, 3.05) is 16.8 Å². The summed E-state index contributed by atoms with van der Waals surface area (Å²) in [7, 11) is 0. The number of hydrogen-bond donors (Lipinski definition) is 2. The van der Waals surface area contributed by atoms with Crippen LogP contribution in [0.15, 0.2) is 23.4 Å². The highest BCUT2D eigenvalue weighted by atomic mass is 32.2. The molecule has 3 rings (SSSR count). The van der Waals surface area contributed by atoms with Crippen molar-refractivity contribution in [2.45, 2.75) is 25.5 Å². The Bertz CT molecular complexity index is 856. The predicted molar refractivity (Wildman–Crippen MR) is 93.8 cm³/mol. The number of hydrogen-bond acceptors (Lipinski definition) is 7. The van der Waals surface area contributed by atoms with Gasteiger partial charge in [0, 0.05) is 0 Å². The van der Waals surface area contributed by atoms with Crippen molar-refractivity contribution in [3.8, 4) is 0 Å². The minimum Gasteiger partial charge on any atom is -0.368 e.